The number of carbonyl (C=O) groups excluding carboxylic acids is 2. The highest BCUT2D eigenvalue weighted by Gasteiger charge is 2.15. The smallest absolute Gasteiger partial charge is 0.356 e. The van der Waals surface area contributed by atoms with Gasteiger partial charge in [-0.25, -0.2) is 20.6 Å². The minimum atomic E-state index is -1.32. The van der Waals surface area contributed by atoms with E-state index >= 15 is 0 Å². The highest BCUT2D eigenvalue weighted by molar-refractivity contribution is 6.42. The highest BCUT2D eigenvalue weighted by Crippen LogP contribution is 2.03. The Morgan fingerprint density at radius 2 is 1.38 bits per heavy atom. The number of pyridine rings is 2. The summed E-state index contributed by atoms with van der Waals surface area (Å²) in [6, 6.07) is 17.3. The molecule has 0 aliphatic carbocycles. The molecule has 11 heteroatoms. The highest BCUT2D eigenvalue weighted by atomic mass is 16.4. The first-order valence-corrected chi connectivity index (χ1v) is 9.14. The van der Waals surface area contributed by atoms with Crippen molar-refractivity contribution in [3.05, 3.63) is 95.6 Å². The van der Waals surface area contributed by atoms with Crippen LogP contribution in [0.4, 0.5) is 0 Å². The first-order valence-electron chi connectivity index (χ1n) is 9.14. The van der Waals surface area contributed by atoms with Crippen molar-refractivity contribution < 1.29 is 19.5 Å². The lowest BCUT2D eigenvalue weighted by Crippen LogP contribution is -2.27. The van der Waals surface area contributed by atoms with Crippen molar-refractivity contribution in [2.24, 2.45) is 15.9 Å². The van der Waals surface area contributed by atoms with Crippen molar-refractivity contribution in [1.29, 1.82) is 0 Å². The van der Waals surface area contributed by atoms with E-state index in [2.05, 4.69) is 31.0 Å². The summed E-state index contributed by atoms with van der Waals surface area (Å²) >= 11 is 0. The molecule has 2 aromatic heterocycles. The number of amidine groups is 1. The van der Waals surface area contributed by atoms with Gasteiger partial charge in [-0.1, -0.05) is 42.5 Å². The third-order valence-electron chi connectivity index (χ3n) is 3.94. The Morgan fingerprint density at radius 1 is 0.781 bits per heavy atom. The second-order valence-electron chi connectivity index (χ2n) is 6.13. The number of hydrogen-bond acceptors (Lipinski definition) is 7. The molecule has 0 unspecified atom stereocenters. The maximum absolute atomic E-state index is 12.4. The molecule has 0 saturated heterocycles. The summed E-state index contributed by atoms with van der Waals surface area (Å²) in [5, 5.41) is 16.8. The van der Waals surface area contributed by atoms with Gasteiger partial charge >= 0.3 is 5.97 Å². The van der Waals surface area contributed by atoms with E-state index in [9.17, 15) is 19.5 Å². The molecule has 0 atom stereocenters. The van der Waals surface area contributed by atoms with Gasteiger partial charge in [0.25, 0.3) is 11.8 Å². The molecule has 11 nitrogen and oxygen atoms in total. The Labute approximate surface area is 181 Å². The minimum Gasteiger partial charge on any atom is -0.476 e. The number of nitrogens with two attached hydrogens (primary N) is 1. The minimum absolute atomic E-state index is 0.00991. The number of carboxylic acids is 1. The summed E-state index contributed by atoms with van der Waals surface area (Å²) in [6.07, 6.45) is 1.53. The zero-order valence-electron chi connectivity index (χ0n) is 16.5. The molecule has 32 heavy (non-hydrogen) atoms. The van der Waals surface area contributed by atoms with Gasteiger partial charge in [0, 0.05) is 11.8 Å². The topological polar surface area (TPSA) is 172 Å². The molecular formula is C21H17N7O4. The number of nitrogens with one attached hydrogen (secondary N) is 2. The van der Waals surface area contributed by atoms with Gasteiger partial charge in [0.1, 0.15) is 17.1 Å². The molecule has 1 aromatic carbocycles. The largest absolute Gasteiger partial charge is 0.476 e. The number of aliphatic carboxylic acids is 1. The second-order valence-corrected chi connectivity index (χ2v) is 6.13. The van der Waals surface area contributed by atoms with E-state index in [1.165, 1.54) is 24.4 Å². The van der Waals surface area contributed by atoms with Gasteiger partial charge in [-0.3, -0.25) is 14.6 Å². The summed E-state index contributed by atoms with van der Waals surface area (Å²) in [7, 11) is 0. The van der Waals surface area contributed by atoms with Gasteiger partial charge in [-0.2, -0.15) is 10.2 Å². The molecule has 5 N–H and O–H groups in total. The Balaban J connectivity index is 1.71. The molecule has 0 radical (unpaired) electrons. The monoisotopic (exact) mass is 431 g/mol. The number of aromatic nitrogens is 2. The molecule has 0 spiro atoms. The van der Waals surface area contributed by atoms with Crippen molar-refractivity contribution in [3.8, 4) is 0 Å². The number of carbonyl (C=O) groups is 3. The number of carboxylic acid groups (broad SMARTS) is 1. The number of rotatable bonds is 7. The molecule has 2 amide bonds. The standard InChI is InChI=1S/C21H17N7O4/c22-18(14-9-4-5-12-23-14)26-28-20(30)16-11-6-10-15(24-16)19(29)27-25-17(21(31)32)13-7-2-1-3-8-13/h1-12H,(H2,22,26)(H,27,29)(H,28,30)(H,31,32)/b25-17+. The van der Waals surface area contributed by atoms with Crippen LogP contribution in [0.5, 0.6) is 0 Å². The van der Waals surface area contributed by atoms with Crippen LogP contribution in [0.25, 0.3) is 0 Å². The van der Waals surface area contributed by atoms with E-state index in [-0.39, 0.29) is 22.9 Å². The van der Waals surface area contributed by atoms with E-state index < -0.39 is 17.8 Å². The van der Waals surface area contributed by atoms with Gasteiger partial charge in [-0.15, -0.1) is 0 Å². The molecule has 3 rings (SSSR count). The van der Waals surface area contributed by atoms with E-state index in [1.54, 1.807) is 48.5 Å². The van der Waals surface area contributed by atoms with Gasteiger partial charge in [0.05, 0.1) is 0 Å². The lowest BCUT2D eigenvalue weighted by Gasteiger charge is -2.05. The maximum Gasteiger partial charge on any atom is 0.356 e. The van der Waals surface area contributed by atoms with E-state index in [0.717, 1.165) is 0 Å². The third-order valence-corrected chi connectivity index (χ3v) is 3.94. The zero-order chi connectivity index (χ0) is 22.9. The van der Waals surface area contributed by atoms with Gasteiger partial charge < -0.3 is 10.8 Å². The van der Waals surface area contributed by atoms with E-state index in [0.29, 0.717) is 11.3 Å². The summed E-state index contributed by atoms with van der Waals surface area (Å²) in [6.45, 7) is 0. The lowest BCUT2D eigenvalue weighted by molar-refractivity contribution is -0.129. The average molecular weight is 431 g/mol. The second kappa shape index (κ2) is 10.2. The molecular weight excluding hydrogens is 414 g/mol. The summed E-state index contributed by atoms with van der Waals surface area (Å²) < 4.78 is 0. The van der Waals surface area contributed by atoms with Crippen LogP contribution in [0.3, 0.4) is 0 Å². The van der Waals surface area contributed by atoms with Crippen molar-refractivity contribution in [2.45, 2.75) is 0 Å². The molecule has 0 bridgehead atoms. The fraction of sp³-hybridized carbons (Fsp3) is 0. The van der Waals surface area contributed by atoms with Crippen molar-refractivity contribution >= 4 is 29.3 Å². The first-order chi connectivity index (χ1) is 15.5. The normalized spacial score (nSPS) is 11.5. The van der Waals surface area contributed by atoms with Crippen LogP contribution in [0, 0.1) is 0 Å². The fourth-order valence-corrected chi connectivity index (χ4v) is 2.42. The summed E-state index contributed by atoms with van der Waals surface area (Å²) in [5.74, 6) is -2.84. The molecule has 2 heterocycles. The maximum atomic E-state index is 12.4. The fourth-order valence-electron chi connectivity index (χ4n) is 2.42. The van der Waals surface area contributed by atoms with Crippen LogP contribution in [0.15, 0.2) is 83.1 Å². The summed E-state index contributed by atoms with van der Waals surface area (Å²) in [4.78, 5) is 44.1. The van der Waals surface area contributed by atoms with Crippen LogP contribution in [-0.2, 0) is 4.79 Å². The van der Waals surface area contributed by atoms with E-state index in [4.69, 9.17) is 5.73 Å². The first kappa shape index (κ1) is 21.8. The third kappa shape index (κ3) is 5.57. The average Bonchev–Trinajstić information content (AvgIpc) is 2.83. The van der Waals surface area contributed by atoms with Crippen molar-refractivity contribution in [3.63, 3.8) is 0 Å². The van der Waals surface area contributed by atoms with Crippen LogP contribution >= 0.6 is 0 Å². The van der Waals surface area contributed by atoms with Gasteiger partial charge in [0.2, 0.25) is 0 Å². The van der Waals surface area contributed by atoms with E-state index in [1.807, 2.05) is 0 Å². The van der Waals surface area contributed by atoms with Crippen LogP contribution in [-0.4, -0.2) is 44.4 Å². The Hall–Kier alpha value is -4.93. The number of hydrogen-bond donors (Lipinski definition) is 4. The number of hydrazone groups is 2. The Morgan fingerprint density at radius 3 is 1.97 bits per heavy atom. The molecule has 0 saturated carbocycles. The van der Waals surface area contributed by atoms with Crippen LogP contribution in [0.1, 0.15) is 32.2 Å². The molecule has 0 fully saturated rings. The summed E-state index contributed by atoms with van der Waals surface area (Å²) in [5.41, 5.74) is 10.2. The Bertz CT molecular complexity index is 1200. The van der Waals surface area contributed by atoms with Gasteiger partial charge in [0.15, 0.2) is 11.5 Å². The van der Waals surface area contributed by atoms with Crippen LogP contribution in [0.2, 0.25) is 0 Å². The lowest BCUT2D eigenvalue weighted by atomic mass is 10.1. The number of amides is 2. The zero-order valence-corrected chi connectivity index (χ0v) is 16.5. The molecule has 3 aromatic rings. The Kier molecular flexibility index (Phi) is 6.94. The SMILES string of the molecule is N/C(=N\NC(=O)c1cccc(C(=O)N/N=C(/C(=O)O)c2ccccc2)n1)c1ccccn1. The number of nitrogens with zero attached hydrogens (tertiary/aromatic N) is 4. The number of benzene rings is 1. The van der Waals surface area contributed by atoms with Crippen molar-refractivity contribution in [2.75, 3.05) is 0 Å². The quantitative estimate of drug-likeness (QED) is 0.243. The van der Waals surface area contributed by atoms with Crippen molar-refractivity contribution in [1.82, 2.24) is 20.8 Å². The molecule has 0 aliphatic rings. The molecule has 0 aliphatic heterocycles. The predicted octanol–water partition coefficient (Wildman–Crippen LogP) is 0.746. The van der Waals surface area contributed by atoms with Gasteiger partial charge in [-0.05, 0) is 24.3 Å². The predicted molar refractivity (Wildman–Crippen MR) is 115 cm³/mol. The van der Waals surface area contributed by atoms with Crippen LogP contribution < -0.4 is 16.6 Å². The molecule has 160 valence electrons.